The highest BCUT2D eigenvalue weighted by Crippen LogP contribution is 2.30. The van der Waals surface area contributed by atoms with Crippen LogP contribution in [0.5, 0.6) is 0 Å². The van der Waals surface area contributed by atoms with Crippen LogP contribution in [0.4, 0.5) is 17.1 Å². The summed E-state index contributed by atoms with van der Waals surface area (Å²) < 4.78 is 25.3. The van der Waals surface area contributed by atoms with Crippen LogP contribution in [0.1, 0.15) is 22.8 Å². The molecular formula is C18H19N3O4S. The number of carbonyl (C=O) groups excluding carboxylic acids is 2. The smallest absolute Gasteiger partial charge is 0.257 e. The maximum absolute atomic E-state index is 12.6. The van der Waals surface area contributed by atoms with E-state index in [1.165, 1.54) is 13.0 Å². The fourth-order valence-electron chi connectivity index (χ4n) is 2.97. The van der Waals surface area contributed by atoms with Gasteiger partial charge in [-0.15, -0.1) is 0 Å². The number of hydrogen-bond donors (Lipinski definition) is 2. The molecule has 2 aromatic carbocycles. The number of nitrogens with one attached hydrogen (secondary N) is 2. The van der Waals surface area contributed by atoms with Gasteiger partial charge in [-0.1, -0.05) is 12.1 Å². The van der Waals surface area contributed by atoms with Crippen molar-refractivity contribution in [3.63, 3.8) is 0 Å². The second-order valence-corrected chi connectivity index (χ2v) is 7.89. The van der Waals surface area contributed by atoms with Gasteiger partial charge in [0.05, 0.1) is 17.5 Å². The lowest BCUT2D eigenvalue weighted by molar-refractivity contribution is -0.116. The topological polar surface area (TPSA) is 95.6 Å². The minimum Gasteiger partial charge on any atom is -0.322 e. The summed E-state index contributed by atoms with van der Waals surface area (Å²) in [5, 5.41) is 2.78. The van der Waals surface area contributed by atoms with Gasteiger partial charge in [0.2, 0.25) is 15.9 Å². The Hall–Kier alpha value is -2.87. The highest BCUT2D eigenvalue weighted by molar-refractivity contribution is 7.92. The van der Waals surface area contributed by atoms with Crippen LogP contribution >= 0.6 is 0 Å². The molecule has 1 aliphatic heterocycles. The molecule has 1 heterocycles. The third kappa shape index (κ3) is 3.85. The molecule has 8 heteroatoms. The van der Waals surface area contributed by atoms with Gasteiger partial charge in [-0.3, -0.25) is 14.3 Å². The second-order valence-electron chi connectivity index (χ2n) is 6.14. The Labute approximate surface area is 152 Å². The molecule has 0 atom stereocenters. The van der Waals surface area contributed by atoms with Crippen LogP contribution in [0.3, 0.4) is 0 Å². The van der Waals surface area contributed by atoms with E-state index in [4.69, 9.17) is 0 Å². The number of benzene rings is 2. The summed E-state index contributed by atoms with van der Waals surface area (Å²) in [6, 6.07) is 11.8. The largest absolute Gasteiger partial charge is 0.322 e. The molecule has 0 radical (unpaired) electrons. The molecule has 0 bridgehead atoms. The zero-order valence-corrected chi connectivity index (χ0v) is 15.3. The van der Waals surface area contributed by atoms with Crippen molar-refractivity contribution >= 4 is 38.9 Å². The van der Waals surface area contributed by atoms with E-state index in [1.54, 1.807) is 35.2 Å². The van der Waals surface area contributed by atoms with Crippen molar-refractivity contribution in [2.75, 3.05) is 27.7 Å². The first kappa shape index (κ1) is 17.9. The number of anilines is 3. The average molecular weight is 373 g/mol. The fraction of sp³-hybridized carbons (Fsp3) is 0.222. The van der Waals surface area contributed by atoms with E-state index >= 15 is 0 Å². The van der Waals surface area contributed by atoms with E-state index in [0.29, 0.717) is 12.2 Å². The minimum atomic E-state index is -3.50. The van der Waals surface area contributed by atoms with E-state index in [1.807, 2.05) is 6.07 Å². The van der Waals surface area contributed by atoms with Crippen LogP contribution in [0.25, 0.3) is 0 Å². The van der Waals surface area contributed by atoms with Gasteiger partial charge in [0, 0.05) is 24.8 Å². The number of fused-ring (bicyclic) bond motifs is 1. The lowest BCUT2D eigenvalue weighted by Crippen LogP contribution is -2.25. The highest BCUT2D eigenvalue weighted by Gasteiger charge is 2.22. The molecule has 0 fully saturated rings. The Balaban J connectivity index is 1.83. The summed E-state index contributed by atoms with van der Waals surface area (Å²) in [7, 11) is -3.50. The van der Waals surface area contributed by atoms with Crippen molar-refractivity contribution in [1.82, 2.24) is 0 Å². The first-order valence-electron chi connectivity index (χ1n) is 8.04. The zero-order valence-electron chi connectivity index (χ0n) is 14.4. The third-order valence-corrected chi connectivity index (χ3v) is 4.67. The summed E-state index contributed by atoms with van der Waals surface area (Å²) in [5.41, 5.74) is 2.88. The number of amides is 2. The summed E-state index contributed by atoms with van der Waals surface area (Å²) in [5.74, 6) is -0.431. The van der Waals surface area contributed by atoms with Crippen molar-refractivity contribution in [1.29, 1.82) is 0 Å². The second kappa shape index (κ2) is 6.80. The number of nitrogens with zero attached hydrogens (tertiary/aromatic N) is 1. The van der Waals surface area contributed by atoms with Crippen molar-refractivity contribution in [2.45, 2.75) is 13.3 Å². The third-order valence-electron chi connectivity index (χ3n) is 4.08. The monoisotopic (exact) mass is 373 g/mol. The first-order chi connectivity index (χ1) is 12.2. The number of carbonyl (C=O) groups is 2. The van der Waals surface area contributed by atoms with Gasteiger partial charge in [0.25, 0.3) is 5.91 Å². The minimum absolute atomic E-state index is 0.0127. The van der Waals surface area contributed by atoms with Gasteiger partial charge in [-0.2, -0.15) is 0 Å². The van der Waals surface area contributed by atoms with Crippen molar-refractivity contribution in [2.24, 2.45) is 0 Å². The molecule has 136 valence electrons. The van der Waals surface area contributed by atoms with E-state index in [9.17, 15) is 18.0 Å². The van der Waals surface area contributed by atoms with Crippen LogP contribution in [0, 0.1) is 0 Å². The van der Waals surface area contributed by atoms with Gasteiger partial charge < -0.3 is 10.2 Å². The SMILES string of the molecule is CC(=O)N1CCc2cc(NC(=O)c3ccccc3NS(C)(=O)=O)ccc21. The highest BCUT2D eigenvalue weighted by atomic mass is 32.2. The summed E-state index contributed by atoms with van der Waals surface area (Å²) in [4.78, 5) is 25.9. The predicted octanol–water partition coefficient (Wildman–Crippen LogP) is 2.22. The molecular weight excluding hydrogens is 354 g/mol. The Bertz CT molecular complexity index is 986. The lowest BCUT2D eigenvalue weighted by atomic mass is 10.1. The molecule has 0 spiro atoms. The quantitative estimate of drug-likeness (QED) is 0.859. The molecule has 2 amide bonds. The number of para-hydroxylation sites is 1. The van der Waals surface area contributed by atoms with Crippen LogP contribution in [-0.2, 0) is 21.2 Å². The van der Waals surface area contributed by atoms with E-state index in [2.05, 4.69) is 10.0 Å². The van der Waals surface area contributed by atoms with E-state index in [-0.39, 0.29) is 17.2 Å². The van der Waals surface area contributed by atoms with Crippen LogP contribution in [0.2, 0.25) is 0 Å². The predicted molar refractivity (Wildman–Crippen MR) is 101 cm³/mol. The molecule has 3 rings (SSSR count). The van der Waals surface area contributed by atoms with Gasteiger partial charge >= 0.3 is 0 Å². The van der Waals surface area contributed by atoms with Crippen LogP contribution in [-0.4, -0.2) is 33.0 Å². The Morgan fingerprint density at radius 2 is 1.85 bits per heavy atom. The zero-order chi connectivity index (χ0) is 18.9. The van der Waals surface area contributed by atoms with Crippen molar-refractivity contribution in [3.8, 4) is 0 Å². The van der Waals surface area contributed by atoms with Crippen molar-refractivity contribution in [3.05, 3.63) is 53.6 Å². The number of hydrogen-bond acceptors (Lipinski definition) is 4. The summed E-state index contributed by atoms with van der Waals surface area (Å²) >= 11 is 0. The van der Waals surface area contributed by atoms with Gasteiger partial charge in [-0.05, 0) is 42.3 Å². The maximum atomic E-state index is 12.6. The lowest BCUT2D eigenvalue weighted by Gasteiger charge is -2.15. The van der Waals surface area contributed by atoms with Gasteiger partial charge in [-0.25, -0.2) is 8.42 Å². The molecule has 2 N–H and O–H groups in total. The average Bonchev–Trinajstić information content (AvgIpc) is 2.97. The fourth-order valence-corrected chi connectivity index (χ4v) is 3.55. The molecule has 2 aromatic rings. The molecule has 0 unspecified atom stereocenters. The molecule has 1 aliphatic rings. The number of rotatable bonds is 4. The standard InChI is InChI=1S/C18H19N3O4S/c1-12(22)21-10-9-13-11-14(7-8-17(13)21)19-18(23)15-5-3-4-6-16(15)20-26(2,24)25/h3-8,11,20H,9-10H2,1-2H3,(H,19,23). The Kier molecular flexibility index (Phi) is 4.69. The molecule has 0 aliphatic carbocycles. The molecule has 0 saturated carbocycles. The van der Waals surface area contributed by atoms with Crippen LogP contribution < -0.4 is 14.9 Å². The molecule has 7 nitrogen and oxygen atoms in total. The molecule has 26 heavy (non-hydrogen) atoms. The van der Waals surface area contributed by atoms with Gasteiger partial charge in [0.1, 0.15) is 0 Å². The number of sulfonamides is 1. The van der Waals surface area contributed by atoms with Crippen LogP contribution in [0.15, 0.2) is 42.5 Å². The molecule has 0 saturated heterocycles. The normalized spacial score (nSPS) is 13.2. The first-order valence-corrected chi connectivity index (χ1v) is 9.93. The molecule has 0 aromatic heterocycles. The van der Waals surface area contributed by atoms with Crippen molar-refractivity contribution < 1.29 is 18.0 Å². The maximum Gasteiger partial charge on any atom is 0.257 e. The summed E-state index contributed by atoms with van der Waals surface area (Å²) in [6.07, 6.45) is 1.76. The van der Waals surface area contributed by atoms with Gasteiger partial charge in [0.15, 0.2) is 0 Å². The van der Waals surface area contributed by atoms with E-state index < -0.39 is 15.9 Å². The Morgan fingerprint density at radius 1 is 1.12 bits per heavy atom. The van der Waals surface area contributed by atoms with E-state index in [0.717, 1.165) is 23.9 Å². The summed E-state index contributed by atoms with van der Waals surface area (Å²) in [6.45, 7) is 2.15. The Morgan fingerprint density at radius 3 is 2.54 bits per heavy atom.